The van der Waals surface area contributed by atoms with E-state index in [1.165, 1.54) is 12.3 Å². The van der Waals surface area contributed by atoms with Gasteiger partial charge in [0.25, 0.3) is 0 Å². The molecule has 0 saturated heterocycles. The SMILES string of the molecule is CC(C)SCC(=O)Nc1ncccc1O. The van der Waals surface area contributed by atoms with Gasteiger partial charge in [-0.05, 0) is 17.4 Å². The minimum absolute atomic E-state index is 0.0135. The fourth-order valence-electron chi connectivity index (χ4n) is 0.904. The quantitative estimate of drug-likeness (QED) is 0.822. The molecule has 0 aliphatic rings. The molecule has 0 unspecified atom stereocenters. The molecule has 1 aromatic heterocycles. The summed E-state index contributed by atoms with van der Waals surface area (Å²) in [7, 11) is 0. The number of aromatic nitrogens is 1. The number of thioether (sulfide) groups is 1. The zero-order valence-corrected chi connectivity index (χ0v) is 9.54. The Bertz CT molecular complexity index is 342. The van der Waals surface area contributed by atoms with E-state index in [1.54, 1.807) is 17.8 Å². The van der Waals surface area contributed by atoms with E-state index >= 15 is 0 Å². The topological polar surface area (TPSA) is 62.2 Å². The van der Waals surface area contributed by atoms with Gasteiger partial charge in [0.05, 0.1) is 5.75 Å². The van der Waals surface area contributed by atoms with Crippen molar-refractivity contribution in [1.29, 1.82) is 0 Å². The van der Waals surface area contributed by atoms with Crippen molar-refractivity contribution < 1.29 is 9.90 Å². The van der Waals surface area contributed by atoms with Crippen molar-refractivity contribution in [2.45, 2.75) is 19.1 Å². The molecule has 0 radical (unpaired) electrons. The van der Waals surface area contributed by atoms with Crippen LogP contribution in [0.4, 0.5) is 5.82 Å². The van der Waals surface area contributed by atoms with Crippen LogP contribution in [0.25, 0.3) is 0 Å². The predicted octanol–water partition coefficient (Wildman–Crippen LogP) is 1.87. The van der Waals surface area contributed by atoms with E-state index in [1.807, 2.05) is 13.8 Å². The van der Waals surface area contributed by atoms with Crippen molar-refractivity contribution in [1.82, 2.24) is 4.98 Å². The van der Waals surface area contributed by atoms with Crippen LogP contribution < -0.4 is 5.32 Å². The number of amides is 1. The highest BCUT2D eigenvalue weighted by atomic mass is 32.2. The highest BCUT2D eigenvalue weighted by molar-refractivity contribution is 8.00. The Kier molecular flexibility index (Phi) is 4.42. The summed E-state index contributed by atoms with van der Waals surface area (Å²) in [5, 5.41) is 12.3. The van der Waals surface area contributed by atoms with Gasteiger partial charge in [-0.3, -0.25) is 4.79 Å². The van der Waals surface area contributed by atoms with Crippen LogP contribution in [0.2, 0.25) is 0 Å². The summed E-state index contributed by atoms with van der Waals surface area (Å²) in [6.07, 6.45) is 1.52. The Hall–Kier alpha value is -1.23. The van der Waals surface area contributed by atoms with Crippen molar-refractivity contribution >= 4 is 23.5 Å². The van der Waals surface area contributed by atoms with Gasteiger partial charge in [-0.25, -0.2) is 4.98 Å². The van der Waals surface area contributed by atoms with Crippen molar-refractivity contribution in [3.8, 4) is 5.75 Å². The van der Waals surface area contributed by atoms with Crippen LogP contribution in [0.1, 0.15) is 13.8 Å². The fourth-order valence-corrected chi connectivity index (χ4v) is 1.46. The first-order valence-electron chi connectivity index (χ1n) is 4.65. The minimum atomic E-state index is -0.150. The Balaban J connectivity index is 2.48. The molecule has 1 rings (SSSR count). The Morgan fingerprint density at radius 1 is 1.67 bits per heavy atom. The molecule has 15 heavy (non-hydrogen) atoms. The standard InChI is InChI=1S/C10H14N2O2S/c1-7(2)15-6-9(14)12-10-8(13)4-3-5-11-10/h3-5,7,13H,6H2,1-2H3,(H,11,12,14). The first-order valence-corrected chi connectivity index (χ1v) is 5.70. The lowest BCUT2D eigenvalue weighted by Crippen LogP contribution is -2.16. The van der Waals surface area contributed by atoms with E-state index in [9.17, 15) is 9.90 Å². The van der Waals surface area contributed by atoms with Crippen molar-refractivity contribution in [2.75, 3.05) is 11.1 Å². The summed E-state index contributed by atoms with van der Waals surface area (Å²) in [4.78, 5) is 15.2. The maximum absolute atomic E-state index is 11.4. The molecule has 1 aromatic rings. The third-order valence-electron chi connectivity index (χ3n) is 1.59. The van der Waals surface area contributed by atoms with Crippen LogP contribution in [0, 0.1) is 0 Å². The Morgan fingerprint density at radius 2 is 2.40 bits per heavy atom. The predicted molar refractivity (Wildman–Crippen MR) is 62.1 cm³/mol. The molecular formula is C10H14N2O2S. The molecule has 0 spiro atoms. The molecule has 0 atom stereocenters. The van der Waals surface area contributed by atoms with Gasteiger partial charge in [-0.15, -0.1) is 11.8 Å². The van der Waals surface area contributed by atoms with E-state index in [-0.39, 0.29) is 17.5 Å². The van der Waals surface area contributed by atoms with Crippen LogP contribution >= 0.6 is 11.8 Å². The molecule has 1 amide bonds. The van der Waals surface area contributed by atoms with Crippen LogP contribution in [0.5, 0.6) is 5.75 Å². The lowest BCUT2D eigenvalue weighted by atomic mass is 10.4. The minimum Gasteiger partial charge on any atom is -0.504 e. The number of carbonyl (C=O) groups excluding carboxylic acids is 1. The largest absolute Gasteiger partial charge is 0.504 e. The monoisotopic (exact) mass is 226 g/mol. The smallest absolute Gasteiger partial charge is 0.235 e. The van der Waals surface area contributed by atoms with Gasteiger partial charge in [0.1, 0.15) is 0 Å². The third-order valence-corrected chi connectivity index (χ3v) is 2.69. The van der Waals surface area contributed by atoms with E-state index in [0.717, 1.165) is 0 Å². The highest BCUT2D eigenvalue weighted by Gasteiger charge is 2.07. The average molecular weight is 226 g/mol. The molecule has 0 aliphatic heterocycles. The van der Waals surface area contributed by atoms with Gasteiger partial charge >= 0.3 is 0 Å². The zero-order chi connectivity index (χ0) is 11.3. The van der Waals surface area contributed by atoms with Crippen LogP contribution in [0.15, 0.2) is 18.3 Å². The highest BCUT2D eigenvalue weighted by Crippen LogP contribution is 2.18. The lowest BCUT2D eigenvalue weighted by Gasteiger charge is -2.06. The Morgan fingerprint density at radius 3 is 3.00 bits per heavy atom. The van der Waals surface area contributed by atoms with E-state index in [2.05, 4.69) is 10.3 Å². The van der Waals surface area contributed by atoms with Crippen LogP contribution in [0.3, 0.4) is 0 Å². The molecule has 0 saturated carbocycles. The molecule has 82 valence electrons. The first-order chi connectivity index (χ1) is 7.09. The van der Waals surface area contributed by atoms with E-state index in [4.69, 9.17) is 0 Å². The van der Waals surface area contributed by atoms with E-state index in [0.29, 0.717) is 11.0 Å². The summed E-state index contributed by atoms with van der Waals surface area (Å²) in [5.41, 5.74) is 0. The van der Waals surface area contributed by atoms with Crippen molar-refractivity contribution in [3.05, 3.63) is 18.3 Å². The van der Waals surface area contributed by atoms with Crippen molar-refractivity contribution in [2.24, 2.45) is 0 Å². The van der Waals surface area contributed by atoms with Gasteiger partial charge in [-0.2, -0.15) is 0 Å². The number of hydrogen-bond donors (Lipinski definition) is 2. The summed E-state index contributed by atoms with van der Waals surface area (Å²) in [5.74, 6) is 0.420. The normalized spacial score (nSPS) is 10.3. The summed E-state index contributed by atoms with van der Waals surface area (Å²) in [6, 6.07) is 3.09. The lowest BCUT2D eigenvalue weighted by molar-refractivity contribution is -0.113. The summed E-state index contributed by atoms with van der Waals surface area (Å²) < 4.78 is 0. The zero-order valence-electron chi connectivity index (χ0n) is 8.73. The number of anilines is 1. The van der Waals surface area contributed by atoms with Crippen LogP contribution in [-0.2, 0) is 4.79 Å². The maximum Gasteiger partial charge on any atom is 0.235 e. The number of nitrogens with zero attached hydrogens (tertiary/aromatic N) is 1. The number of rotatable bonds is 4. The first kappa shape index (κ1) is 11.8. The van der Waals surface area contributed by atoms with Gasteiger partial charge < -0.3 is 10.4 Å². The third kappa shape index (κ3) is 4.20. The summed E-state index contributed by atoms with van der Waals surface area (Å²) >= 11 is 1.54. The molecular weight excluding hydrogens is 212 g/mol. The van der Waals surface area contributed by atoms with Gasteiger partial charge in [-0.1, -0.05) is 13.8 Å². The molecule has 0 aliphatic carbocycles. The number of pyridine rings is 1. The van der Waals surface area contributed by atoms with Crippen LogP contribution in [-0.4, -0.2) is 27.0 Å². The second-order valence-electron chi connectivity index (χ2n) is 3.28. The Labute approximate surface area is 93.1 Å². The fraction of sp³-hybridized carbons (Fsp3) is 0.400. The molecule has 0 fully saturated rings. The average Bonchev–Trinajstić information content (AvgIpc) is 2.18. The molecule has 1 heterocycles. The van der Waals surface area contributed by atoms with Crippen molar-refractivity contribution in [3.63, 3.8) is 0 Å². The number of carbonyl (C=O) groups is 1. The number of aromatic hydroxyl groups is 1. The maximum atomic E-state index is 11.4. The van der Waals surface area contributed by atoms with Gasteiger partial charge in [0, 0.05) is 6.20 Å². The number of hydrogen-bond acceptors (Lipinski definition) is 4. The second kappa shape index (κ2) is 5.60. The molecule has 0 bridgehead atoms. The second-order valence-corrected chi connectivity index (χ2v) is 4.84. The molecule has 4 nitrogen and oxygen atoms in total. The summed E-state index contributed by atoms with van der Waals surface area (Å²) in [6.45, 7) is 4.05. The number of nitrogens with one attached hydrogen (secondary N) is 1. The molecule has 2 N–H and O–H groups in total. The van der Waals surface area contributed by atoms with Gasteiger partial charge in [0.15, 0.2) is 11.6 Å². The van der Waals surface area contributed by atoms with Gasteiger partial charge in [0.2, 0.25) is 5.91 Å². The molecule has 5 heteroatoms. The van der Waals surface area contributed by atoms with E-state index < -0.39 is 0 Å². The molecule has 0 aromatic carbocycles.